The van der Waals surface area contributed by atoms with E-state index in [1.807, 2.05) is 0 Å². The van der Waals surface area contributed by atoms with Crippen LogP contribution in [0.25, 0.3) is 0 Å². The minimum absolute atomic E-state index is 0.0784. The van der Waals surface area contributed by atoms with E-state index in [9.17, 15) is 15.3 Å². The summed E-state index contributed by atoms with van der Waals surface area (Å²) in [5.41, 5.74) is 0.633. The zero-order valence-electron chi connectivity index (χ0n) is 24.7. The minimum Gasteiger partial charge on any atom is -0.393 e. The molecule has 0 radical (unpaired) electrons. The summed E-state index contributed by atoms with van der Waals surface area (Å²) in [7, 11) is 0. The molecule has 3 nitrogen and oxygen atoms in total. The molecule has 0 aliphatic heterocycles. The number of hydrogen-bond acceptors (Lipinski definition) is 3. The van der Waals surface area contributed by atoms with Gasteiger partial charge in [-0.2, -0.15) is 0 Å². The summed E-state index contributed by atoms with van der Waals surface area (Å²) in [6, 6.07) is 0. The smallest absolute Gasteiger partial charge is 0.0849 e. The van der Waals surface area contributed by atoms with Crippen LogP contribution >= 0.6 is 0 Å². The van der Waals surface area contributed by atoms with Crippen molar-refractivity contribution in [3.05, 3.63) is 35.5 Å². The van der Waals surface area contributed by atoms with Gasteiger partial charge in [-0.25, -0.2) is 0 Å². The van der Waals surface area contributed by atoms with Gasteiger partial charge in [-0.15, -0.1) is 0 Å². The van der Waals surface area contributed by atoms with Crippen molar-refractivity contribution >= 4 is 0 Å². The van der Waals surface area contributed by atoms with Gasteiger partial charge >= 0.3 is 0 Å². The zero-order chi connectivity index (χ0) is 27.1. The Hall–Kier alpha value is -0.900. The largest absolute Gasteiger partial charge is 0.393 e. The molecule has 6 atom stereocenters. The number of aliphatic hydroxyl groups excluding tert-OH is 2. The van der Waals surface area contributed by atoms with Crippen LogP contribution in [0.3, 0.4) is 0 Å². The lowest BCUT2D eigenvalue weighted by Crippen LogP contribution is -2.38. The number of rotatable bonds is 6. The SMILES string of the molecule is [2H]C([2H])([2H])C(O)([C@H](O)CC[C@@H](C)[C@H]1CC[C@H]2/C(=C/C=C3\C[C@@H](O)CCC3=C)CCC[C@]12C)C([2H])([2H])[2H]. The van der Waals surface area contributed by atoms with Crippen LogP contribution in [0.1, 0.15) is 100.0 Å². The maximum Gasteiger partial charge on any atom is 0.0849 e. The van der Waals surface area contributed by atoms with Crippen molar-refractivity contribution in [2.24, 2.45) is 23.2 Å². The van der Waals surface area contributed by atoms with Crippen LogP contribution in [-0.4, -0.2) is 33.1 Å². The Bertz CT molecular complexity index is 860. The quantitative estimate of drug-likeness (QED) is 0.514. The van der Waals surface area contributed by atoms with Gasteiger partial charge in [0.05, 0.1) is 17.8 Å². The molecule has 0 unspecified atom stereocenters. The second kappa shape index (κ2) is 9.30. The van der Waals surface area contributed by atoms with Crippen LogP contribution in [0.5, 0.6) is 0 Å². The highest BCUT2D eigenvalue weighted by molar-refractivity contribution is 5.36. The van der Waals surface area contributed by atoms with E-state index < -0.39 is 25.4 Å². The Labute approximate surface area is 192 Å². The highest BCUT2D eigenvalue weighted by atomic mass is 16.3. The maximum absolute atomic E-state index is 10.6. The van der Waals surface area contributed by atoms with E-state index in [2.05, 4.69) is 32.6 Å². The molecule has 3 aliphatic rings. The molecule has 3 aliphatic carbocycles. The second-order valence-electron chi connectivity index (χ2n) is 10.4. The Morgan fingerprint density at radius 3 is 2.73 bits per heavy atom. The average Bonchev–Trinajstić information content (AvgIpc) is 3.13. The molecule has 3 heteroatoms. The first kappa shape index (κ1) is 16.7. The molecule has 3 rings (SSSR count). The van der Waals surface area contributed by atoms with Gasteiger partial charge in [-0.1, -0.05) is 43.7 Å². The van der Waals surface area contributed by atoms with E-state index in [0.29, 0.717) is 24.7 Å². The number of fused-ring (bicyclic) bond motifs is 1. The predicted octanol–water partition coefficient (Wildman–Crippen LogP) is 5.70. The van der Waals surface area contributed by atoms with Crippen LogP contribution in [0.4, 0.5) is 0 Å². The lowest BCUT2D eigenvalue weighted by atomic mass is 9.60. The third-order valence-electron chi connectivity index (χ3n) is 8.29. The molecular formula is C27H44O3. The van der Waals surface area contributed by atoms with E-state index in [-0.39, 0.29) is 23.9 Å². The molecule has 0 amide bonds. The van der Waals surface area contributed by atoms with Crippen molar-refractivity contribution in [2.45, 2.75) is 110 Å². The molecule has 0 aromatic heterocycles. The van der Waals surface area contributed by atoms with E-state index >= 15 is 0 Å². The predicted molar refractivity (Wildman–Crippen MR) is 124 cm³/mol. The summed E-state index contributed by atoms with van der Waals surface area (Å²) in [6.07, 6.45) is 10.2. The molecular weight excluding hydrogens is 372 g/mol. The van der Waals surface area contributed by atoms with Gasteiger partial charge in [-0.3, -0.25) is 0 Å². The van der Waals surface area contributed by atoms with Crippen molar-refractivity contribution < 1.29 is 23.5 Å². The van der Waals surface area contributed by atoms with Crippen molar-refractivity contribution in [2.75, 3.05) is 0 Å². The standard InChI is InChI=1S/C27H44O3/c1-18-8-12-22(28)17-21(18)11-10-20-7-6-16-27(5)23(13-14-24(20)27)19(2)9-15-25(29)26(3,4)30/h10-11,19,22-25,28-30H,1,6-9,12-17H2,2-5H3/b20-10+,21-11+/t19-,22+,23-,24+,25-,27-/m1/s1/i3D3,4D3. The summed E-state index contributed by atoms with van der Waals surface area (Å²) in [6.45, 7) is 2.17. The Kier molecular flexibility index (Phi) is 5.18. The summed E-state index contributed by atoms with van der Waals surface area (Å²) in [4.78, 5) is 0. The third kappa shape index (κ3) is 5.11. The first-order valence-corrected chi connectivity index (χ1v) is 11.7. The summed E-state index contributed by atoms with van der Waals surface area (Å²) < 4.78 is 45.4. The summed E-state index contributed by atoms with van der Waals surface area (Å²) in [5, 5.41) is 31.2. The highest BCUT2D eigenvalue weighted by Crippen LogP contribution is 2.60. The molecule has 0 aromatic carbocycles. The topological polar surface area (TPSA) is 60.7 Å². The molecule has 3 saturated carbocycles. The fourth-order valence-corrected chi connectivity index (χ4v) is 6.44. The lowest BCUT2D eigenvalue weighted by Gasteiger charge is -2.44. The Balaban J connectivity index is 1.71. The zero-order valence-corrected chi connectivity index (χ0v) is 18.7. The van der Waals surface area contributed by atoms with Gasteiger partial charge in [0.15, 0.2) is 0 Å². The van der Waals surface area contributed by atoms with Crippen molar-refractivity contribution in [3.8, 4) is 0 Å². The number of allylic oxidation sites excluding steroid dienone is 4. The normalized spacial score (nSPS) is 41.2. The van der Waals surface area contributed by atoms with Crippen molar-refractivity contribution in [1.29, 1.82) is 0 Å². The second-order valence-corrected chi connectivity index (χ2v) is 10.4. The van der Waals surface area contributed by atoms with Gasteiger partial charge in [0.25, 0.3) is 0 Å². The van der Waals surface area contributed by atoms with E-state index in [0.717, 1.165) is 56.1 Å². The average molecular weight is 423 g/mol. The van der Waals surface area contributed by atoms with E-state index in [1.54, 1.807) is 0 Å². The summed E-state index contributed by atoms with van der Waals surface area (Å²) >= 11 is 0. The Morgan fingerprint density at radius 2 is 2.00 bits per heavy atom. The van der Waals surface area contributed by atoms with Crippen LogP contribution in [0.15, 0.2) is 35.5 Å². The van der Waals surface area contributed by atoms with Gasteiger partial charge in [0.2, 0.25) is 0 Å². The molecule has 0 saturated heterocycles. The molecule has 0 aromatic rings. The van der Waals surface area contributed by atoms with Crippen LogP contribution in [0.2, 0.25) is 0 Å². The van der Waals surface area contributed by atoms with Gasteiger partial charge < -0.3 is 15.3 Å². The van der Waals surface area contributed by atoms with Gasteiger partial charge in [-0.05, 0) is 107 Å². The Morgan fingerprint density at radius 1 is 1.23 bits per heavy atom. The van der Waals surface area contributed by atoms with Crippen LogP contribution in [0, 0.1) is 23.2 Å². The molecule has 0 heterocycles. The van der Waals surface area contributed by atoms with Crippen molar-refractivity contribution in [1.82, 2.24) is 0 Å². The molecule has 0 bridgehead atoms. The first-order valence-electron chi connectivity index (χ1n) is 14.7. The van der Waals surface area contributed by atoms with E-state index in [4.69, 9.17) is 8.22 Å². The molecule has 0 spiro atoms. The van der Waals surface area contributed by atoms with Crippen molar-refractivity contribution in [3.63, 3.8) is 0 Å². The fourth-order valence-electron chi connectivity index (χ4n) is 6.44. The molecule has 3 N–H and O–H groups in total. The van der Waals surface area contributed by atoms with Crippen LogP contribution in [-0.2, 0) is 0 Å². The monoisotopic (exact) mass is 422 g/mol. The van der Waals surface area contributed by atoms with Crippen LogP contribution < -0.4 is 0 Å². The highest BCUT2D eigenvalue weighted by Gasteiger charge is 2.50. The van der Waals surface area contributed by atoms with Gasteiger partial charge in [0, 0.05) is 8.22 Å². The van der Waals surface area contributed by atoms with E-state index in [1.165, 1.54) is 5.57 Å². The lowest BCUT2D eigenvalue weighted by molar-refractivity contribution is -0.0554. The maximum atomic E-state index is 10.6. The molecule has 30 heavy (non-hydrogen) atoms. The minimum atomic E-state index is -3.22. The fraction of sp³-hybridized carbons (Fsp3) is 0.778. The molecule has 3 fully saturated rings. The first-order chi connectivity index (χ1) is 16.5. The summed E-state index contributed by atoms with van der Waals surface area (Å²) in [5.74, 6) is 0.966. The third-order valence-corrected chi connectivity index (χ3v) is 8.29. The number of aliphatic hydroxyl groups is 3. The van der Waals surface area contributed by atoms with Gasteiger partial charge in [0.1, 0.15) is 0 Å². The molecule has 170 valence electrons. The number of hydrogen-bond donors (Lipinski definition) is 3.